The number of aryl methyl sites for hydroxylation is 1. The van der Waals surface area contributed by atoms with E-state index in [-0.39, 0.29) is 18.6 Å². The number of hydrogen-bond donors (Lipinski definition) is 0. The topological polar surface area (TPSA) is 112 Å². The van der Waals surface area contributed by atoms with Gasteiger partial charge in [-0.15, -0.1) is 0 Å². The number of fused-ring (bicyclic) bond motifs is 2. The summed E-state index contributed by atoms with van der Waals surface area (Å²) in [4.78, 5) is 25.5. The summed E-state index contributed by atoms with van der Waals surface area (Å²) in [6, 6.07) is 1.70. The highest BCUT2D eigenvalue weighted by molar-refractivity contribution is 7.80. The van der Waals surface area contributed by atoms with Gasteiger partial charge in [-0.3, -0.25) is 4.79 Å². The van der Waals surface area contributed by atoms with Gasteiger partial charge in [-0.25, -0.2) is 13.2 Å². The lowest BCUT2D eigenvalue weighted by atomic mass is 9.97. The second-order valence-electron chi connectivity index (χ2n) is 5.01. The standard InChI is InChI=1S/C12H13N3O6S/c1-13-5-2-3-9(11(13)16)8-4-6-14-7-10(8)15(12(14)17)21-22(18,19)20/h2-5,10H,6-7H2,1H3,(H,18,19,20)/p-1. The number of hydroxylamine groups is 2. The van der Waals surface area contributed by atoms with Gasteiger partial charge in [-0.2, -0.15) is 9.35 Å². The molecule has 3 rings (SSSR count). The molecule has 10 heteroatoms. The molecule has 2 bridgehead atoms. The lowest BCUT2D eigenvalue weighted by Gasteiger charge is -2.25. The number of hydrogen-bond acceptors (Lipinski definition) is 6. The Hall–Kier alpha value is -2.17. The lowest BCUT2D eigenvalue weighted by molar-refractivity contribution is -0.0172. The van der Waals surface area contributed by atoms with Crippen molar-refractivity contribution in [3.63, 3.8) is 0 Å². The van der Waals surface area contributed by atoms with E-state index in [0.29, 0.717) is 16.2 Å². The molecule has 0 aliphatic carbocycles. The van der Waals surface area contributed by atoms with Gasteiger partial charge in [0.15, 0.2) is 0 Å². The summed E-state index contributed by atoms with van der Waals surface area (Å²) < 4.78 is 38.1. The Morgan fingerprint density at radius 3 is 2.77 bits per heavy atom. The van der Waals surface area contributed by atoms with Crippen molar-refractivity contribution >= 4 is 22.0 Å². The molecule has 2 aliphatic heterocycles. The summed E-state index contributed by atoms with van der Waals surface area (Å²) in [5.74, 6) is 0. The van der Waals surface area contributed by atoms with E-state index in [4.69, 9.17) is 0 Å². The van der Waals surface area contributed by atoms with Gasteiger partial charge in [0.05, 0.1) is 6.54 Å². The fraction of sp³-hybridized carbons (Fsp3) is 0.333. The number of nitrogens with zero attached hydrogens (tertiary/aromatic N) is 3. The fourth-order valence-corrected chi connectivity index (χ4v) is 3.01. The summed E-state index contributed by atoms with van der Waals surface area (Å²) in [6.07, 6.45) is 3.24. The van der Waals surface area contributed by atoms with Gasteiger partial charge in [0.25, 0.3) is 5.56 Å². The third-order valence-corrected chi connectivity index (χ3v) is 3.98. The Bertz CT molecular complexity index is 828. The Balaban J connectivity index is 2.04. The molecule has 1 unspecified atom stereocenters. The van der Waals surface area contributed by atoms with Crippen LogP contribution in [-0.2, 0) is 21.7 Å². The van der Waals surface area contributed by atoms with Crippen molar-refractivity contribution in [3.05, 3.63) is 40.3 Å². The molecular weight excluding hydrogens is 314 g/mol. The average Bonchev–Trinajstić information content (AvgIpc) is 2.67. The van der Waals surface area contributed by atoms with E-state index in [9.17, 15) is 22.6 Å². The number of pyridine rings is 1. The monoisotopic (exact) mass is 326 g/mol. The summed E-state index contributed by atoms with van der Waals surface area (Å²) in [6.45, 7) is 0.361. The van der Waals surface area contributed by atoms with Gasteiger partial charge in [0, 0.05) is 25.4 Å². The van der Waals surface area contributed by atoms with Crippen LogP contribution in [0.2, 0.25) is 0 Å². The van der Waals surface area contributed by atoms with Gasteiger partial charge in [0.2, 0.25) is 10.4 Å². The highest BCUT2D eigenvalue weighted by Gasteiger charge is 2.44. The van der Waals surface area contributed by atoms with Crippen molar-refractivity contribution in [2.75, 3.05) is 13.1 Å². The second-order valence-corrected chi connectivity index (χ2v) is 5.97. The quantitative estimate of drug-likeness (QED) is 0.535. The molecule has 9 nitrogen and oxygen atoms in total. The minimum atomic E-state index is -5.09. The minimum Gasteiger partial charge on any atom is -0.724 e. The average molecular weight is 326 g/mol. The van der Waals surface area contributed by atoms with Crippen LogP contribution in [0.3, 0.4) is 0 Å². The maximum Gasteiger partial charge on any atom is 0.346 e. The Morgan fingerprint density at radius 2 is 2.09 bits per heavy atom. The van der Waals surface area contributed by atoms with Crippen molar-refractivity contribution in [3.8, 4) is 0 Å². The van der Waals surface area contributed by atoms with E-state index in [1.54, 1.807) is 31.5 Å². The lowest BCUT2D eigenvalue weighted by Crippen LogP contribution is -2.37. The molecule has 0 spiro atoms. The first kappa shape index (κ1) is 14.8. The molecule has 0 radical (unpaired) electrons. The molecule has 0 aromatic carbocycles. The first-order chi connectivity index (χ1) is 10.3. The Kier molecular flexibility index (Phi) is 3.31. The van der Waals surface area contributed by atoms with E-state index >= 15 is 0 Å². The summed E-state index contributed by atoms with van der Waals surface area (Å²) >= 11 is 0. The van der Waals surface area contributed by atoms with Crippen LogP contribution >= 0.6 is 0 Å². The number of rotatable bonds is 3. The maximum atomic E-state index is 12.2. The van der Waals surface area contributed by atoms with Crippen LogP contribution in [0.25, 0.3) is 5.57 Å². The predicted molar refractivity (Wildman–Crippen MR) is 73.0 cm³/mol. The number of carbonyl (C=O) groups excluding carboxylic acids is 1. The zero-order valence-corrected chi connectivity index (χ0v) is 12.3. The van der Waals surface area contributed by atoms with Gasteiger partial charge < -0.3 is 14.0 Å². The van der Waals surface area contributed by atoms with Gasteiger partial charge in [0.1, 0.15) is 6.04 Å². The smallest absolute Gasteiger partial charge is 0.346 e. The van der Waals surface area contributed by atoms with Gasteiger partial charge >= 0.3 is 6.03 Å². The zero-order chi connectivity index (χ0) is 16.1. The largest absolute Gasteiger partial charge is 0.724 e. The first-order valence-corrected chi connectivity index (χ1v) is 7.71. The Morgan fingerprint density at radius 1 is 1.36 bits per heavy atom. The number of amides is 2. The van der Waals surface area contributed by atoms with Crippen LogP contribution in [0, 0.1) is 0 Å². The molecule has 2 amide bonds. The Labute approximate surface area is 125 Å². The van der Waals surface area contributed by atoms with Crippen LogP contribution in [0.15, 0.2) is 29.2 Å². The molecule has 22 heavy (non-hydrogen) atoms. The second kappa shape index (κ2) is 4.93. The molecule has 0 saturated carbocycles. The van der Waals surface area contributed by atoms with Crippen molar-refractivity contribution < 1.29 is 22.0 Å². The molecule has 2 aliphatic rings. The highest BCUT2D eigenvalue weighted by atomic mass is 32.3. The maximum absolute atomic E-state index is 12.2. The van der Waals surface area contributed by atoms with Crippen LogP contribution in [0.4, 0.5) is 4.79 Å². The van der Waals surface area contributed by atoms with E-state index in [1.165, 1.54) is 9.47 Å². The normalized spacial score (nSPS) is 21.3. The minimum absolute atomic E-state index is 0.151. The molecule has 3 heterocycles. The molecule has 1 fully saturated rings. The fourth-order valence-electron chi connectivity index (χ4n) is 2.64. The van der Waals surface area contributed by atoms with E-state index < -0.39 is 22.5 Å². The molecule has 118 valence electrons. The van der Waals surface area contributed by atoms with E-state index in [2.05, 4.69) is 4.28 Å². The number of aromatic nitrogens is 1. The molecule has 1 aromatic heterocycles. The van der Waals surface area contributed by atoms with Crippen LogP contribution in [-0.4, -0.2) is 52.7 Å². The van der Waals surface area contributed by atoms with Crippen molar-refractivity contribution in [1.29, 1.82) is 0 Å². The number of urea groups is 1. The number of carbonyl (C=O) groups is 1. The van der Waals surface area contributed by atoms with Gasteiger partial charge in [-0.05, 0) is 17.7 Å². The summed E-state index contributed by atoms with van der Waals surface area (Å²) in [7, 11) is -3.50. The molecule has 1 aromatic rings. The third-order valence-electron chi connectivity index (χ3n) is 3.63. The molecule has 0 N–H and O–H groups in total. The third kappa shape index (κ3) is 2.40. The van der Waals surface area contributed by atoms with Crippen molar-refractivity contribution in [2.45, 2.75) is 6.04 Å². The predicted octanol–water partition coefficient (Wildman–Crippen LogP) is -0.720. The van der Waals surface area contributed by atoms with E-state index in [1.807, 2.05) is 0 Å². The SMILES string of the molecule is Cn1cccc(C2=CCN3CC2N(OS(=O)(=O)[O-])C3=O)c1=O. The zero-order valence-electron chi connectivity index (χ0n) is 11.5. The first-order valence-electron chi connectivity index (χ1n) is 6.37. The summed E-state index contributed by atoms with van der Waals surface area (Å²) in [5.41, 5.74) is 0.514. The molecule has 1 saturated heterocycles. The van der Waals surface area contributed by atoms with Crippen LogP contribution < -0.4 is 5.56 Å². The van der Waals surface area contributed by atoms with Crippen molar-refractivity contribution in [2.24, 2.45) is 7.05 Å². The van der Waals surface area contributed by atoms with E-state index in [0.717, 1.165) is 0 Å². The summed E-state index contributed by atoms with van der Waals surface area (Å²) in [5, 5.41) is 0.521. The van der Waals surface area contributed by atoms with Gasteiger partial charge in [-0.1, -0.05) is 6.08 Å². The van der Waals surface area contributed by atoms with Crippen LogP contribution in [0.5, 0.6) is 0 Å². The molecule has 1 atom stereocenters. The molecular formula is C12H12N3O6S-. The highest BCUT2D eigenvalue weighted by Crippen LogP contribution is 2.31. The van der Waals surface area contributed by atoms with Crippen molar-refractivity contribution in [1.82, 2.24) is 14.5 Å². The van der Waals surface area contributed by atoms with Crippen LogP contribution in [0.1, 0.15) is 5.56 Å².